The number of allylic oxidation sites excluding steroid dienone is 4. The van der Waals surface area contributed by atoms with E-state index < -0.39 is 8.07 Å². The Morgan fingerprint density at radius 2 is 1.00 bits per heavy atom. The number of hydrogen-bond acceptors (Lipinski definition) is 0. The van der Waals surface area contributed by atoms with Gasteiger partial charge in [0.05, 0.1) is 0 Å². The lowest BCUT2D eigenvalue weighted by Crippen LogP contribution is -2.55. The van der Waals surface area contributed by atoms with Crippen LogP contribution in [0.25, 0.3) is 0 Å². The lowest BCUT2D eigenvalue weighted by atomic mass is 10.4. The molecule has 0 aromatic heterocycles. The highest BCUT2D eigenvalue weighted by molar-refractivity contribution is 7.09. The van der Waals surface area contributed by atoms with Crippen LogP contribution < -0.4 is 10.4 Å². The highest BCUT2D eigenvalue weighted by Crippen LogP contribution is 2.10. The molecule has 0 radical (unpaired) electrons. The molecule has 0 atom stereocenters. The zero-order valence-corrected chi connectivity index (χ0v) is 13.2. The summed E-state index contributed by atoms with van der Waals surface area (Å²) in [5, 5.41) is 2.71. The Labute approximate surface area is 128 Å². The smallest absolute Gasteiger partial charge is 0.0991 e. The van der Waals surface area contributed by atoms with Crippen LogP contribution in [0.1, 0.15) is 0 Å². The highest BCUT2D eigenvalue weighted by Gasteiger charge is 2.31. The van der Waals surface area contributed by atoms with E-state index in [0.717, 1.165) is 0 Å². The van der Waals surface area contributed by atoms with E-state index in [0.29, 0.717) is 0 Å². The topological polar surface area (TPSA) is 0 Å². The third-order valence-corrected chi connectivity index (χ3v) is 7.51. The quantitative estimate of drug-likeness (QED) is 0.560. The van der Waals surface area contributed by atoms with Gasteiger partial charge in [-0.05, 0) is 10.4 Å². The zero-order chi connectivity index (χ0) is 15.0. The first-order valence-electron chi connectivity index (χ1n) is 7.05. The summed E-state index contributed by atoms with van der Waals surface area (Å²) in [6.45, 7) is 7.65. The van der Waals surface area contributed by atoms with Gasteiger partial charge in [-0.15, -0.1) is 0 Å². The van der Waals surface area contributed by atoms with Crippen LogP contribution in [-0.4, -0.2) is 8.07 Å². The molecule has 0 nitrogen and oxygen atoms in total. The molecule has 0 saturated carbocycles. The Bertz CT molecular complexity index is 577. The third kappa shape index (κ3) is 3.39. The molecule has 104 valence electrons. The summed E-state index contributed by atoms with van der Waals surface area (Å²) in [7, 11) is -2.09. The molecule has 0 unspecified atom stereocenters. The van der Waals surface area contributed by atoms with Crippen LogP contribution in [0, 0.1) is 0 Å². The van der Waals surface area contributed by atoms with Crippen molar-refractivity contribution in [3.05, 3.63) is 110 Å². The van der Waals surface area contributed by atoms with E-state index in [1.807, 2.05) is 12.2 Å². The van der Waals surface area contributed by atoms with Gasteiger partial charge in [0.1, 0.15) is 0 Å². The van der Waals surface area contributed by atoms with Crippen LogP contribution in [-0.2, 0) is 0 Å². The predicted molar refractivity (Wildman–Crippen MR) is 96.6 cm³/mol. The van der Waals surface area contributed by atoms with Crippen LogP contribution in [0.4, 0.5) is 0 Å². The monoisotopic (exact) mass is 288 g/mol. The molecule has 0 N–H and O–H groups in total. The zero-order valence-electron chi connectivity index (χ0n) is 12.2. The van der Waals surface area contributed by atoms with Gasteiger partial charge in [-0.2, -0.15) is 0 Å². The average Bonchev–Trinajstić information content (AvgIpc) is 2.57. The fourth-order valence-corrected chi connectivity index (χ4v) is 6.06. The molecule has 0 heterocycles. The largest absolute Gasteiger partial charge is 0.165 e. The normalized spacial score (nSPS) is 11.8. The van der Waals surface area contributed by atoms with Crippen LogP contribution in [0.2, 0.25) is 0 Å². The van der Waals surface area contributed by atoms with Crippen molar-refractivity contribution in [3.8, 4) is 0 Å². The van der Waals surface area contributed by atoms with E-state index in [1.165, 1.54) is 10.4 Å². The maximum absolute atomic E-state index is 3.82. The molecular formula is C20H20Si. The first-order chi connectivity index (χ1) is 10.3. The minimum absolute atomic E-state index is 1.35. The van der Waals surface area contributed by atoms with Crippen molar-refractivity contribution in [1.82, 2.24) is 0 Å². The van der Waals surface area contributed by atoms with E-state index in [2.05, 4.69) is 97.4 Å². The lowest BCUT2D eigenvalue weighted by Gasteiger charge is -2.26. The number of rotatable bonds is 6. The van der Waals surface area contributed by atoms with Crippen molar-refractivity contribution in [2.24, 2.45) is 0 Å². The minimum atomic E-state index is -2.09. The second-order valence-corrected chi connectivity index (χ2v) is 8.35. The van der Waals surface area contributed by atoms with Crippen molar-refractivity contribution < 1.29 is 0 Å². The van der Waals surface area contributed by atoms with E-state index in [4.69, 9.17) is 0 Å². The van der Waals surface area contributed by atoms with Crippen molar-refractivity contribution >= 4 is 18.4 Å². The highest BCUT2D eigenvalue weighted by atomic mass is 28.3. The van der Waals surface area contributed by atoms with Crippen LogP contribution in [0.3, 0.4) is 0 Å². The van der Waals surface area contributed by atoms with E-state index in [-0.39, 0.29) is 0 Å². The van der Waals surface area contributed by atoms with Gasteiger partial charge < -0.3 is 0 Å². The van der Waals surface area contributed by atoms with Crippen molar-refractivity contribution in [3.63, 3.8) is 0 Å². The summed E-state index contributed by atoms with van der Waals surface area (Å²) in [5.41, 5.74) is 4.62. The maximum Gasteiger partial charge on any atom is 0.165 e. The predicted octanol–water partition coefficient (Wildman–Crippen LogP) is 3.81. The summed E-state index contributed by atoms with van der Waals surface area (Å²) >= 11 is 0. The van der Waals surface area contributed by atoms with Gasteiger partial charge in [0.2, 0.25) is 0 Å². The van der Waals surface area contributed by atoms with E-state index in [9.17, 15) is 0 Å². The fourth-order valence-electron chi connectivity index (χ4n) is 2.47. The molecule has 0 spiro atoms. The summed E-state index contributed by atoms with van der Waals surface area (Å²) in [6.07, 6.45) is 7.80. The van der Waals surface area contributed by atoms with E-state index in [1.54, 1.807) is 0 Å². The molecule has 0 aliphatic rings. The average molecular weight is 288 g/mol. The van der Waals surface area contributed by atoms with Gasteiger partial charge >= 0.3 is 0 Å². The van der Waals surface area contributed by atoms with Gasteiger partial charge in [-0.25, -0.2) is 0 Å². The first kappa shape index (κ1) is 15.0. The fraction of sp³-hybridized carbons (Fsp3) is 0. The molecule has 1 heteroatoms. The number of hydrogen-bond donors (Lipinski definition) is 0. The maximum atomic E-state index is 3.82. The standard InChI is InChI=1S/C20H20Si/c1-3-5-17-21(18-6-4-2,19-13-9-7-10-14-19)20-15-11-8-12-16-20/h3-18H,1-2H2/b17-5+,18-6+. The van der Waals surface area contributed by atoms with Crippen LogP contribution in [0.5, 0.6) is 0 Å². The van der Waals surface area contributed by atoms with Gasteiger partial charge in [-0.1, -0.05) is 110 Å². The second kappa shape index (κ2) is 7.41. The Morgan fingerprint density at radius 3 is 1.33 bits per heavy atom. The molecule has 2 aromatic rings. The summed E-state index contributed by atoms with van der Waals surface area (Å²) in [6, 6.07) is 21.4. The lowest BCUT2D eigenvalue weighted by molar-refractivity contribution is 1.70. The summed E-state index contributed by atoms with van der Waals surface area (Å²) in [5.74, 6) is 0. The Hall–Kier alpha value is -2.38. The molecule has 0 aliphatic carbocycles. The van der Waals surface area contributed by atoms with Gasteiger partial charge in [0.25, 0.3) is 0 Å². The molecule has 0 amide bonds. The van der Waals surface area contributed by atoms with Crippen LogP contribution in [0.15, 0.2) is 110 Å². The minimum Gasteiger partial charge on any atom is -0.0991 e. The molecule has 0 saturated heterocycles. The summed E-state index contributed by atoms with van der Waals surface area (Å²) < 4.78 is 0. The van der Waals surface area contributed by atoms with Crippen molar-refractivity contribution in [2.75, 3.05) is 0 Å². The summed E-state index contributed by atoms with van der Waals surface area (Å²) in [4.78, 5) is 0. The SMILES string of the molecule is C=C/C=C/[Si](/C=C/C=C)(c1ccccc1)c1ccccc1. The van der Waals surface area contributed by atoms with E-state index >= 15 is 0 Å². The molecule has 21 heavy (non-hydrogen) atoms. The Kier molecular flexibility index (Phi) is 5.30. The van der Waals surface area contributed by atoms with Crippen molar-refractivity contribution in [1.29, 1.82) is 0 Å². The van der Waals surface area contributed by atoms with Gasteiger partial charge in [-0.3, -0.25) is 0 Å². The molecule has 0 fully saturated rings. The Morgan fingerprint density at radius 1 is 0.619 bits per heavy atom. The number of benzene rings is 2. The third-order valence-electron chi connectivity index (χ3n) is 3.49. The first-order valence-corrected chi connectivity index (χ1v) is 9.20. The van der Waals surface area contributed by atoms with Crippen molar-refractivity contribution in [2.45, 2.75) is 0 Å². The van der Waals surface area contributed by atoms with Gasteiger partial charge in [0.15, 0.2) is 8.07 Å². The molecule has 2 rings (SSSR count). The van der Waals surface area contributed by atoms with Crippen LogP contribution >= 0.6 is 0 Å². The molecule has 2 aromatic carbocycles. The Balaban J connectivity index is 2.70. The second-order valence-electron chi connectivity index (χ2n) is 4.79. The molecular weight excluding hydrogens is 268 g/mol. The molecule has 0 bridgehead atoms. The van der Waals surface area contributed by atoms with Gasteiger partial charge in [0, 0.05) is 0 Å². The molecule has 0 aliphatic heterocycles.